The second kappa shape index (κ2) is 10.7. The van der Waals surface area contributed by atoms with Gasteiger partial charge in [0.25, 0.3) is 0 Å². The fraction of sp³-hybridized carbons (Fsp3) is 0.824. The normalized spacial score (nSPS) is 43.0. The third-order valence-electron chi connectivity index (χ3n) is 4.74. The zero-order valence-electron chi connectivity index (χ0n) is 15.9. The van der Waals surface area contributed by atoms with Gasteiger partial charge in [-0.3, -0.25) is 4.79 Å². The third-order valence-corrected chi connectivity index (χ3v) is 4.74. The number of aliphatic hydroxyl groups is 6. The van der Waals surface area contributed by atoms with Crippen LogP contribution in [0.4, 0.5) is 0 Å². The number of nitrogens with one attached hydrogen (secondary N) is 1. The predicted octanol–water partition coefficient (Wildman–Crippen LogP) is -4.04. The Morgan fingerprint density at radius 3 is 2.14 bits per heavy atom. The Morgan fingerprint density at radius 1 is 1.00 bits per heavy atom. The molecule has 2 saturated heterocycles. The first-order chi connectivity index (χ1) is 13.7. The van der Waals surface area contributed by atoms with Crippen molar-refractivity contribution in [2.24, 2.45) is 0 Å². The molecule has 0 aromatic heterocycles. The zero-order valence-corrected chi connectivity index (χ0v) is 15.9. The van der Waals surface area contributed by atoms with E-state index in [1.807, 2.05) is 0 Å². The van der Waals surface area contributed by atoms with Crippen LogP contribution in [-0.2, 0) is 23.7 Å². The molecule has 2 rings (SSSR count). The molecule has 0 radical (unpaired) electrons. The van der Waals surface area contributed by atoms with E-state index in [9.17, 15) is 35.4 Å². The highest BCUT2D eigenvalue weighted by Crippen LogP contribution is 2.29. The maximum atomic E-state index is 11.7. The number of carbonyl (C=O) groups excluding carboxylic acids is 1. The molecule has 10 atom stereocenters. The summed E-state index contributed by atoms with van der Waals surface area (Å²) < 4.78 is 21.9. The molecule has 0 saturated carbocycles. The van der Waals surface area contributed by atoms with Gasteiger partial charge in [-0.2, -0.15) is 0 Å². The smallest absolute Gasteiger partial charge is 0.217 e. The van der Waals surface area contributed by atoms with Crippen LogP contribution in [0.25, 0.3) is 0 Å². The number of hydrogen-bond acceptors (Lipinski definition) is 11. The van der Waals surface area contributed by atoms with Crippen LogP contribution in [0.2, 0.25) is 0 Å². The first-order valence-corrected chi connectivity index (χ1v) is 9.15. The Balaban J connectivity index is 2.27. The lowest BCUT2D eigenvalue weighted by atomic mass is 9.95. The van der Waals surface area contributed by atoms with Crippen LogP contribution in [-0.4, -0.2) is 118 Å². The Kier molecular flexibility index (Phi) is 8.91. The van der Waals surface area contributed by atoms with Gasteiger partial charge in [-0.15, -0.1) is 6.58 Å². The van der Waals surface area contributed by atoms with Crippen molar-refractivity contribution in [2.45, 2.75) is 68.3 Å². The van der Waals surface area contributed by atoms with Gasteiger partial charge in [0, 0.05) is 6.92 Å². The van der Waals surface area contributed by atoms with Crippen molar-refractivity contribution in [3.8, 4) is 0 Å². The molecule has 2 fully saturated rings. The van der Waals surface area contributed by atoms with Crippen molar-refractivity contribution >= 4 is 5.91 Å². The van der Waals surface area contributed by atoms with Gasteiger partial charge >= 0.3 is 0 Å². The quantitative estimate of drug-likeness (QED) is 0.188. The number of carbonyl (C=O) groups is 1. The average Bonchev–Trinajstić information content (AvgIpc) is 2.69. The van der Waals surface area contributed by atoms with Crippen molar-refractivity contribution in [1.29, 1.82) is 0 Å². The summed E-state index contributed by atoms with van der Waals surface area (Å²) in [4.78, 5) is 11.7. The van der Waals surface area contributed by atoms with Crippen LogP contribution in [0.1, 0.15) is 6.92 Å². The van der Waals surface area contributed by atoms with Crippen molar-refractivity contribution in [1.82, 2.24) is 5.32 Å². The molecule has 12 heteroatoms. The molecule has 0 aromatic rings. The molecule has 0 unspecified atom stereocenters. The van der Waals surface area contributed by atoms with Crippen molar-refractivity contribution in [2.75, 3.05) is 19.8 Å². The third kappa shape index (κ3) is 5.49. The average molecular weight is 423 g/mol. The molecule has 0 aromatic carbocycles. The summed E-state index contributed by atoms with van der Waals surface area (Å²) >= 11 is 0. The van der Waals surface area contributed by atoms with Gasteiger partial charge in [0.15, 0.2) is 12.6 Å². The zero-order chi connectivity index (χ0) is 21.7. The van der Waals surface area contributed by atoms with E-state index in [-0.39, 0.29) is 6.61 Å². The fourth-order valence-corrected chi connectivity index (χ4v) is 3.26. The minimum Gasteiger partial charge on any atom is -0.394 e. The largest absolute Gasteiger partial charge is 0.394 e. The summed E-state index contributed by atoms with van der Waals surface area (Å²) in [7, 11) is 0. The van der Waals surface area contributed by atoms with E-state index in [0.29, 0.717) is 0 Å². The summed E-state index contributed by atoms with van der Waals surface area (Å²) in [6, 6.07) is -1.09. The monoisotopic (exact) mass is 423 g/mol. The molecule has 1 amide bonds. The van der Waals surface area contributed by atoms with Crippen molar-refractivity contribution < 1.29 is 54.4 Å². The van der Waals surface area contributed by atoms with E-state index in [2.05, 4.69) is 11.9 Å². The van der Waals surface area contributed by atoms with Crippen LogP contribution in [0.5, 0.6) is 0 Å². The lowest BCUT2D eigenvalue weighted by Gasteiger charge is -2.47. The van der Waals surface area contributed by atoms with E-state index in [1.54, 1.807) is 0 Å². The summed E-state index contributed by atoms with van der Waals surface area (Å²) in [5.41, 5.74) is 0. The Bertz CT molecular complexity index is 547. The summed E-state index contributed by atoms with van der Waals surface area (Å²) in [6.07, 6.45) is -11.4. The lowest BCUT2D eigenvalue weighted by Crippen LogP contribution is -2.68. The van der Waals surface area contributed by atoms with Crippen LogP contribution >= 0.6 is 0 Å². The number of ether oxygens (including phenoxy) is 4. The summed E-state index contributed by atoms with van der Waals surface area (Å²) in [5.74, 6) is -0.497. The molecule has 2 heterocycles. The van der Waals surface area contributed by atoms with Crippen LogP contribution in [0, 0.1) is 0 Å². The van der Waals surface area contributed by atoms with E-state index >= 15 is 0 Å². The van der Waals surface area contributed by atoms with Crippen LogP contribution < -0.4 is 5.32 Å². The van der Waals surface area contributed by atoms with E-state index in [0.717, 1.165) is 0 Å². The summed E-state index contributed by atoms with van der Waals surface area (Å²) in [6.45, 7) is 3.50. The minimum absolute atomic E-state index is 0.0295. The molecule has 12 nitrogen and oxygen atoms in total. The molecular weight excluding hydrogens is 394 g/mol. The Morgan fingerprint density at radius 2 is 1.59 bits per heavy atom. The van der Waals surface area contributed by atoms with Crippen LogP contribution in [0.15, 0.2) is 12.7 Å². The maximum absolute atomic E-state index is 11.7. The van der Waals surface area contributed by atoms with Crippen molar-refractivity contribution in [3.63, 3.8) is 0 Å². The van der Waals surface area contributed by atoms with Gasteiger partial charge in [0.2, 0.25) is 5.91 Å². The van der Waals surface area contributed by atoms with Gasteiger partial charge in [-0.1, -0.05) is 6.08 Å². The van der Waals surface area contributed by atoms with Gasteiger partial charge < -0.3 is 54.9 Å². The number of amides is 1. The number of aliphatic hydroxyl groups excluding tert-OH is 6. The minimum atomic E-state index is -1.72. The second-order valence-corrected chi connectivity index (χ2v) is 6.86. The van der Waals surface area contributed by atoms with Crippen molar-refractivity contribution in [3.05, 3.63) is 12.7 Å². The topological polar surface area (TPSA) is 187 Å². The van der Waals surface area contributed by atoms with E-state index in [1.165, 1.54) is 13.0 Å². The standard InChI is InChI=1S/C17H29NO11/c1-3-4-26-16-10(18-7(2)21)15(12(23)9(6-20)27-16)29-17-14(25)13(24)11(22)8(5-19)28-17/h3,8-17,19-20,22-25H,1,4-6H2,2H3,(H,18,21)/t8-,9-,10-,11+,12-,13+,14-,15-,16+,17+/m1/s1. The highest BCUT2D eigenvalue weighted by atomic mass is 16.7. The molecule has 2 aliphatic heterocycles. The predicted molar refractivity (Wildman–Crippen MR) is 94.1 cm³/mol. The first kappa shape index (κ1) is 24.1. The highest BCUT2D eigenvalue weighted by Gasteiger charge is 2.51. The maximum Gasteiger partial charge on any atom is 0.217 e. The fourth-order valence-electron chi connectivity index (χ4n) is 3.26. The van der Waals surface area contributed by atoms with Crippen LogP contribution in [0.3, 0.4) is 0 Å². The molecular formula is C17H29NO11. The van der Waals surface area contributed by atoms with Gasteiger partial charge in [-0.05, 0) is 0 Å². The van der Waals surface area contributed by atoms with Gasteiger partial charge in [0.1, 0.15) is 48.8 Å². The molecule has 29 heavy (non-hydrogen) atoms. The molecule has 2 aliphatic rings. The molecule has 0 aliphatic carbocycles. The highest BCUT2D eigenvalue weighted by molar-refractivity contribution is 5.73. The molecule has 0 spiro atoms. The Hall–Kier alpha value is -1.19. The molecule has 168 valence electrons. The number of rotatable bonds is 8. The molecule has 7 N–H and O–H groups in total. The van der Waals surface area contributed by atoms with Gasteiger partial charge in [0.05, 0.1) is 19.8 Å². The Labute approximate surface area is 167 Å². The lowest BCUT2D eigenvalue weighted by molar-refractivity contribution is -0.344. The SMILES string of the molecule is C=CCO[C@H]1O[C@H](CO)[C@@H](O)[C@H](O[C@@H]2O[C@H](CO)[C@H](O)[C@H](O)[C@H]2O)[C@H]1NC(C)=O. The van der Waals surface area contributed by atoms with Gasteiger partial charge in [-0.25, -0.2) is 0 Å². The van der Waals surface area contributed by atoms with E-state index in [4.69, 9.17) is 18.9 Å². The summed E-state index contributed by atoms with van der Waals surface area (Å²) in [5, 5.41) is 62.0. The first-order valence-electron chi connectivity index (χ1n) is 9.15. The second-order valence-electron chi connectivity index (χ2n) is 6.86. The van der Waals surface area contributed by atoms with E-state index < -0.39 is 80.5 Å². The number of hydrogen-bond donors (Lipinski definition) is 7. The molecule has 0 bridgehead atoms.